The average molecular weight is 653 g/mol. The number of hydrogen-bond acceptors (Lipinski definition) is 3. The van der Waals surface area contributed by atoms with Crippen LogP contribution in [0.4, 0.5) is 0 Å². The zero-order valence-corrected chi connectivity index (χ0v) is 28.0. The van der Waals surface area contributed by atoms with Crippen LogP contribution in [0.5, 0.6) is 0 Å². The normalized spacial score (nSPS) is 11.1. The molecule has 1 aromatic heterocycles. The average Bonchev–Trinajstić information content (AvgIpc) is 3.53. The third-order valence-electron chi connectivity index (χ3n) is 9.60. The Hall–Kier alpha value is -6.97. The molecule has 50 heavy (non-hydrogen) atoms. The Kier molecular flexibility index (Phi) is 7.63. The van der Waals surface area contributed by atoms with Crippen LogP contribution in [-0.2, 0) is 0 Å². The van der Waals surface area contributed by atoms with E-state index in [0.29, 0.717) is 16.7 Å². The lowest BCUT2D eigenvalue weighted by atomic mass is 10.00. The van der Waals surface area contributed by atoms with E-state index in [1.807, 2.05) is 72.8 Å². The summed E-state index contributed by atoms with van der Waals surface area (Å²) in [7, 11) is -3.14. The zero-order chi connectivity index (χ0) is 34.1. The molecule has 5 heteroatoms. The van der Waals surface area contributed by atoms with Crippen LogP contribution in [0.1, 0.15) is 16.7 Å². The Morgan fingerprint density at radius 3 is 1.62 bits per heavy atom. The van der Waals surface area contributed by atoms with Crippen molar-refractivity contribution >= 4 is 50.6 Å². The molecule has 1 heterocycles. The lowest BCUT2D eigenvalue weighted by Gasteiger charge is -2.36. The first-order valence-electron chi connectivity index (χ1n) is 16.4. The van der Waals surface area contributed by atoms with Crippen LogP contribution >= 0.6 is 0 Å². The molecule has 0 unspecified atom stereocenters. The van der Waals surface area contributed by atoms with Gasteiger partial charge in [0.25, 0.3) is 0 Å². The summed E-state index contributed by atoms with van der Waals surface area (Å²) in [4.78, 5) is 0. The molecule has 232 valence electrons. The second kappa shape index (κ2) is 12.6. The van der Waals surface area contributed by atoms with Gasteiger partial charge in [0, 0.05) is 16.5 Å². The van der Waals surface area contributed by atoms with Gasteiger partial charge < -0.3 is 4.57 Å². The summed E-state index contributed by atoms with van der Waals surface area (Å²) in [5.74, 6) is 0. The lowest BCUT2D eigenvalue weighted by molar-refractivity contribution is 1.18. The predicted molar refractivity (Wildman–Crippen MR) is 204 cm³/mol. The molecule has 0 atom stereocenters. The number of para-hydroxylation sites is 1. The SMILES string of the molecule is N#Cc1cc(-c2cccc(C#N)c2[Si](c2ccccc2)(c2ccccc2)c2ccccc2)cc(-n2c3ccccc3c3cc(C#N)ccc32)c1. The van der Waals surface area contributed by atoms with Gasteiger partial charge in [0.1, 0.15) is 0 Å². The van der Waals surface area contributed by atoms with Crippen LogP contribution in [-0.4, -0.2) is 12.6 Å². The number of benzene rings is 7. The molecule has 0 spiro atoms. The smallest absolute Gasteiger partial charge is 0.181 e. The molecule has 0 amide bonds. The largest absolute Gasteiger partial charge is 0.309 e. The van der Waals surface area contributed by atoms with Gasteiger partial charge in [-0.3, -0.25) is 0 Å². The zero-order valence-electron chi connectivity index (χ0n) is 27.0. The monoisotopic (exact) mass is 652 g/mol. The van der Waals surface area contributed by atoms with Crippen molar-refractivity contribution in [3.8, 4) is 35.0 Å². The van der Waals surface area contributed by atoms with Crippen LogP contribution < -0.4 is 20.7 Å². The molecule has 8 rings (SSSR count). The van der Waals surface area contributed by atoms with Crippen molar-refractivity contribution in [1.82, 2.24) is 4.57 Å². The highest BCUT2D eigenvalue weighted by Gasteiger charge is 2.44. The second-order valence-corrected chi connectivity index (χ2v) is 16.0. The van der Waals surface area contributed by atoms with Gasteiger partial charge in [0.05, 0.1) is 45.9 Å². The molecular weight excluding hydrogens is 625 g/mol. The van der Waals surface area contributed by atoms with E-state index < -0.39 is 8.07 Å². The van der Waals surface area contributed by atoms with Crippen molar-refractivity contribution in [1.29, 1.82) is 15.8 Å². The minimum absolute atomic E-state index is 0.511. The molecule has 0 saturated heterocycles. The van der Waals surface area contributed by atoms with Gasteiger partial charge in [-0.2, -0.15) is 15.8 Å². The Labute approximate surface area is 291 Å². The maximum Gasteiger partial charge on any atom is 0.181 e. The quantitative estimate of drug-likeness (QED) is 0.138. The summed E-state index contributed by atoms with van der Waals surface area (Å²) >= 11 is 0. The van der Waals surface area contributed by atoms with E-state index in [1.165, 1.54) is 0 Å². The van der Waals surface area contributed by atoms with Crippen molar-refractivity contribution in [2.75, 3.05) is 0 Å². The summed E-state index contributed by atoms with van der Waals surface area (Å²) in [6.45, 7) is 0. The van der Waals surface area contributed by atoms with E-state index in [1.54, 1.807) is 0 Å². The minimum Gasteiger partial charge on any atom is -0.309 e. The third-order valence-corrected chi connectivity index (χ3v) is 14.5. The molecule has 0 aliphatic carbocycles. The number of rotatable bonds is 6. The molecule has 0 fully saturated rings. The van der Waals surface area contributed by atoms with Gasteiger partial charge in [0.15, 0.2) is 8.07 Å². The van der Waals surface area contributed by atoms with E-state index in [9.17, 15) is 15.8 Å². The number of hydrogen-bond donors (Lipinski definition) is 0. The fourth-order valence-electron chi connectivity index (χ4n) is 7.57. The van der Waals surface area contributed by atoms with Gasteiger partial charge in [-0.05, 0) is 80.4 Å². The standard InChI is InChI=1S/C45H28N4Si/c46-29-32-23-24-44-42(27-32)41-20-10-11-22-43(41)49(44)36-26-33(30-47)25-35(28-36)40-21-12-13-34(31-48)45(40)50(37-14-4-1-5-15-37,38-16-6-2-7-17-38)39-18-8-3-9-19-39/h1-28H. The molecule has 0 saturated carbocycles. The molecule has 0 N–H and O–H groups in total. The van der Waals surface area contributed by atoms with Crippen molar-refractivity contribution in [2.45, 2.75) is 0 Å². The van der Waals surface area contributed by atoms with Gasteiger partial charge in [-0.25, -0.2) is 0 Å². The van der Waals surface area contributed by atoms with Crippen LogP contribution in [0.2, 0.25) is 0 Å². The van der Waals surface area contributed by atoms with Crippen molar-refractivity contribution in [3.05, 3.63) is 187 Å². The first kappa shape index (κ1) is 30.4. The highest BCUT2D eigenvalue weighted by atomic mass is 28.3. The van der Waals surface area contributed by atoms with Crippen molar-refractivity contribution in [2.24, 2.45) is 0 Å². The number of aromatic nitrogens is 1. The molecule has 0 radical (unpaired) electrons. The van der Waals surface area contributed by atoms with E-state index in [-0.39, 0.29) is 0 Å². The van der Waals surface area contributed by atoms with Crippen LogP contribution in [0.25, 0.3) is 38.6 Å². The fraction of sp³-hybridized carbons (Fsp3) is 0. The van der Waals surface area contributed by atoms with Crippen LogP contribution in [0.15, 0.2) is 170 Å². The highest BCUT2D eigenvalue weighted by molar-refractivity contribution is 7.20. The van der Waals surface area contributed by atoms with Crippen LogP contribution in [0.3, 0.4) is 0 Å². The molecule has 4 nitrogen and oxygen atoms in total. The van der Waals surface area contributed by atoms with E-state index >= 15 is 0 Å². The third kappa shape index (κ3) is 4.80. The molecule has 0 aliphatic heterocycles. The molecule has 8 aromatic rings. The Balaban J connectivity index is 1.50. The van der Waals surface area contributed by atoms with Crippen LogP contribution in [0, 0.1) is 34.0 Å². The van der Waals surface area contributed by atoms with E-state index in [4.69, 9.17) is 0 Å². The van der Waals surface area contributed by atoms with Gasteiger partial charge >= 0.3 is 0 Å². The molecular formula is C45H28N4Si. The minimum atomic E-state index is -3.14. The molecule has 0 aliphatic rings. The first-order chi connectivity index (χ1) is 24.7. The second-order valence-electron chi connectivity index (χ2n) is 12.3. The van der Waals surface area contributed by atoms with Crippen molar-refractivity contribution < 1.29 is 0 Å². The number of nitrogens with zero attached hydrogens (tertiary/aromatic N) is 4. The van der Waals surface area contributed by atoms with Gasteiger partial charge in [-0.15, -0.1) is 0 Å². The summed E-state index contributed by atoms with van der Waals surface area (Å²) < 4.78 is 2.17. The lowest BCUT2D eigenvalue weighted by Crippen LogP contribution is -2.75. The first-order valence-corrected chi connectivity index (χ1v) is 18.4. The van der Waals surface area contributed by atoms with Gasteiger partial charge in [-0.1, -0.05) is 121 Å². The predicted octanol–water partition coefficient (Wildman–Crippen LogP) is 7.44. The fourth-order valence-corrected chi connectivity index (χ4v) is 12.7. The summed E-state index contributed by atoms with van der Waals surface area (Å²) in [6, 6.07) is 64.8. The number of fused-ring (bicyclic) bond motifs is 3. The summed E-state index contributed by atoms with van der Waals surface area (Å²) in [5.41, 5.74) is 6.23. The topological polar surface area (TPSA) is 76.3 Å². The Bertz CT molecular complexity index is 2580. The summed E-state index contributed by atoms with van der Waals surface area (Å²) in [6.07, 6.45) is 0. The summed E-state index contributed by atoms with van der Waals surface area (Å²) in [5, 5.41) is 37.5. The molecule has 0 bridgehead atoms. The van der Waals surface area contributed by atoms with Crippen molar-refractivity contribution in [3.63, 3.8) is 0 Å². The van der Waals surface area contributed by atoms with E-state index in [0.717, 1.165) is 59.4 Å². The highest BCUT2D eigenvalue weighted by Crippen LogP contribution is 2.35. The maximum atomic E-state index is 10.9. The number of nitriles is 3. The maximum absolute atomic E-state index is 10.9. The van der Waals surface area contributed by atoms with Gasteiger partial charge in [0.2, 0.25) is 0 Å². The Morgan fingerprint density at radius 2 is 1.02 bits per heavy atom. The van der Waals surface area contributed by atoms with E-state index in [2.05, 4.69) is 120 Å². The molecule has 7 aromatic carbocycles. The Morgan fingerprint density at radius 1 is 0.440 bits per heavy atom.